The summed E-state index contributed by atoms with van der Waals surface area (Å²) in [6.07, 6.45) is 1.16. The molecule has 3 nitrogen and oxygen atoms in total. The summed E-state index contributed by atoms with van der Waals surface area (Å²) in [5, 5.41) is 4.50. The van der Waals surface area contributed by atoms with Gasteiger partial charge in [0.05, 0.1) is 16.6 Å². The Bertz CT molecular complexity index is 550. The van der Waals surface area contributed by atoms with E-state index in [1.165, 1.54) is 9.75 Å². The molecule has 0 atom stereocenters. The first kappa shape index (κ1) is 15.8. The molecular weight excluding hydrogens is 310 g/mol. The fraction of sp³-hybridized carbons (Fsp3) is 0.500. The highest BCUT2D eigenvalue weighted by molar-refractivity contribution is 7.16. The lowest BCUT2D eigenvalue weighted by atomic mass is 10.4. The average molecular weight is 330 g/mol. The summed E-state index contributed by atoms with van der Waals surface area (Å²) in [5.41, 5.74) is 1.13. The quantitative estimate of drug-likeness (QED) is 0.767. The SMILES string of the molecule is CCCNCc1sc(N(C)Cc2ccc(Cl)s2)nc1C. The van der Waals surface area contributed by atoms with Gasteiger partial charge in [-0.1, -0.05) is 18.5 Å². The van der Waals surface area contributed by atoms with Gasteiger partial charge in [0.1, 0.15) is 0 Å². The average Bonchev–Trinajstić information content (AvgIpc) is 2.97. The molecule has 1 N–H and O–H groups in total. The fourth-order valence-electron chi connectivity index (χ4n) is 1.86. The molecule has 110 valence electrons. The van der Waals surface area contributed by atoms with Crippen LogP contribution < -0.4 is 10.2 Å². The number of nitrogens with one attached hydrogen (secondary N) is 1. The standard InChI is InChI=1S/C14H20ClN3S2/c1-4-7-16-8-12-10(2)17-14(20-12)18(3)9-11-5-6-13(15)19-11/h5-6,16H,4,7-9H2,1-3H3. The second-order valence-corrected chi connectivity index (χ2v) is 7.61. The molecule has 0 bridgehead atoms. The van der Waals surface area contributed by atoms with Crippen molar-refractivity contribution in [2.45, 2.75) is 33.4 Å². The van der Waals surface area contributed by atoms with Crippen molar-refractivity contribution in [1.82, 2.24) is 10.3 Å². The first-order valence-electron chi connectivity index (χ1n) is 6.72. The summed E-state index contributed by atoms with van der Waals surface area (Å²) in [4.78, 5) is 9.44. The maximum Gasteiger partial charge on any atom is 0.185 e. The predicted molar refractivity (Wildman–Crippen MR) is 90.3 cm³/mol. The molecule has 0 spiro atoms. The van der Waals surface area contributed by atoms with Gasteiger partial charge in [0.15, 0.2) is 5.13 Å². The van der Waals surface area contributed by atoms with Crippen LogP contribution in [0.25, 0.3) is 0 Å². The number of nitrogens with zero attached hydrogens (tertiary/aromatic N) is 2. The summed E-state index contributed by atoms with van der Waals surface area (Å²) in [7, 11) is 2.08. The first-order valence-corrected chi connectivity index (χ1v) is 8.73. The molecule has 2 aromatic heterocycles. The zero-order valence-corrected chi connectivity index (χ0v) is 14.5. The van der Waals surface area contributed by atoms with Crippen LogP contribution in [0.4, 0.5) is 5.13 Å². The van der Waals surface area contributed by atoms with Crippen molar-refractivity contribution in [2.75, 3.05) is 18.5 Å². The van der Waals surface area contributed by atoms with Crippen molar-refractivity contribution in [2.24, 2.45) is 0 Å². The van der Waals surface area contributed by atoms with Crippen LogP contribution in [0.3, 0.4) is 0 Å². The minimum atomic E-state index is 0.841. The number of rotatable bonds is 7. The highest BCUT2D eigenvalue weighted by Gasteiger charge is 2.12. The molecule has 0 fully saturated rings. The van der Waals surface area contributed by atoms with E-state index in [2.05, 4.69) is 42.2 Å². The Morgan fingerprint density at radius 2 is 2.15 bits per heavy atom. The zero-order chi connectivity index (χ0) is 14.5. The van der Waals surface area contributed by atoms with E-state index in [-0.39, 0.29) is 0 Å². The number of aryl methyl sites for hydroxylation is 1. The maximum absolute atomic E-state index is 5.97. The van der Waals surface area contributed by atoms with Crippen molar-refractivity contribution < 1.29 is 0 Å². The van der Waals surface area contributed by atoms with Crippen LogP contribution in [0.1, 0.15) is 28.8 Å². The van der Waals surface area contributed by atoms with Crippen molar-refractivity contribution in [3.8, 4) is 0 Å². The molecule has 0 saturated heterocycles. The van der Waals surface area contributed by atoms with E-state index in [1.807, 2.05) is 6.07 Å². The number of hydrogen-bond donors (Lipinski definition) is 1. The molecule has 20 heavy (non-hydrogen) atoms. The highest BCUT2D eigenvalue weighted by Crippen LogP contribution is 2.28. The Morgan fingerprint density at radius 1 is 1.35 bits per heavy atom. The van der Waals surface area contributed by atoms with E-state index in [1.54, 1.807) is 22.7 Å². The van der Waals surface area contributed by atoms with Crippen LogP contribution in [0.2, 0.25) is 4.34 Å². The third-order valence-corrected chi connectivity index (χ3v) is 5.43. The third kappa shape index (κ3) is 4.19. The van der Waals surface area contributed by atoms with Crippen LogP contribution in [0, 0.1) is 6.92 Å². The topological polar surface area (TPSA) is 28.2 Å². The molecule has 6 heteroatoms. The van der Waals surface area contributed by atoms with E-state index >= 15 is 0 Å². The Hall–Kier alpha value is -0.620. The number of thiazole rings is 1. The summed E-state index contributed by atoms with van der Waals surface area (Å²) < 4.78 is 0.841. The van der Waals surface area contributed by atoms with E-state index in [0.717, 1.165) is 41.2 Å². The largest absolute Gasteiger partial charge is 0.346 e. The Kier molecular flexibility index (Phi) is 5.84. The van der Waals surface area contributed by atoms with E-state index < -0.39 is 0 Å². The lowest BCUT2D eigenvalue weighted by Crippen LogP contribution is -2.15. The van der Waals surface area contributed by atoms with Gasteiger partial charge in [-0.15, -0.1) is 22.7 Å². The van der Waals surface area contributed by atoms with Crippen LogP contribution in [0.15, 0.2) is 12.1 Å². The summed E-state index contributed by atoms with van der Waals surface area (Å²) in [6, 6.07) is 4.02. The summed E-state index contributed by atoms with van der Waals surface area (Å²) in [6.45, 7) is 7.08. The van der Waals surface area contributed by atoms with Crippen molar-refractivity contribution in [3.05, 3.63) is 31.9 Å². The molecule has 2 aromatic rings. The van der Waals surface area contributed by atoms with Gasteiger partial charge in [0.25, 0.3) is 0 Å². The fourth-order valence-corrected chi connectivity index (χ4v) is 3.99. The van der Waals surface area contributed by atoms with E-state index in [4.69, 9.17) is 11.6 Å². The van der Waals surface area contributed by atoms with Crippen LogP contribution >= 0.6 is 34.3 Å². The van der Waals surface area contributed by atoms with Gasteiger partial charge in [-0.3, -0.25) is 0 Å². The number of anilines is 1. The minimum Gasteiger partial charge on any atom is -0.346 e. The van der Waals surface area contributed by atoms with Gasteiger partial charge in [-0.05, 0) is 32.0 Å². The minimum absolute atomic E-state index is 0.841. The second-order valence-electron chi connectivity index (χ2n) is 4.74. The molecule has 2 rings (SSSR count). The summed E-state index contributed by atoms with van der Waals surface area (Å²) >= 11 is 9.36. The van der Waals surface area contributed by atoms with Crippen molar-refractivity contribution >= 4 is 39.4 Å². The molecule has 0 aliphatic carbocycles. The monoisotopic (exact) mass is 329 g/mol. The van der Waals surface area contributed by atoms with E-state index in [9.17, 15) is 0 Å². The first-order chi connectivity index (χ1) is 9.60. The molecule has 0 aromatic carbocycles. The number of aromatic nitrogens is 1. The molecule has 0 amide bonds. The third-order valence-electron chi connectivity index (χ3n) is 2.94. The number of hydrogen-bond acceptors (Lipinski definition) is 5. The zero-order valence-electron chi connectivity index (χ0n) is 12.1. The Balaban J connectivity index is 1.99. The van der Waals surface area contributed by atoms with Crippen molar-refractivity contribution in [3.63, 3.8) is 0 Å². The molecular formula is C14H20ClN3S2. The lowest BCUT2D eigenvalue weighted by Gasteiger charge is -2.14. The van der Waals surface area contributed by atoms with Crippen LogP contribution in [0.5, 0.6) is 0 Å². The van der Waals surface area contributed by atoms with Crippen LogP contribution in [-0.2, 0) is 13.1 Å². The Labute approximate surface area is 133 Å². The summed E-state index contributed by atoms with van der Waals surface area (Å²) in [5.74, 6) is 0. The maximum atomic E-state index is 5.97. The van der Waals surface area contributed by atoms with Gasteiger partial charge in [0, 0.05) is 23.3 Å². The number of thiophene rings is 1. The molecule has 0 radical (unpaired) electrons. The van der Waals surface area contributed by atoms with Crippen LogP contribution in [-0.4, -0.2) is 18.6 Å². The van der Waals surface area contributed by atoms with Gasteiger partial charge in [-0.25, -0.2) is 4.98 Å². The number of halogens is 1. The van der Waals surface area contributed by atoms with Gasteiger partial charge in [-0.2, -0.15) is 0 Å². The molecule has 2 heterocycles. The van der Waals surface area contributed by atoms with Gasteiger partial charge in [0.2, 0.25) is 0 Å². The van der Waals surface area contributed by atoms with Gasteiger partial charge >= 0.3 is 0 Å². The van der Waals surface area contributed by atoms with Crippen molar-refractivity contribution in [1.29, 1.82) is 0 Å². The highest BCUT2D eigenvalue weighted by atomic mass is 35.5. The molecule has 0 aliphatic rings. The lowest BCUT2D eigenvalue weighted by molar-refractivity contribution is 0.678. The van der Waals surface area contributed by atoms with E-state index in [0.29, 0.717) is 0 Å². The molecule has 0 aliphatic heterocycles. The predicted octanol–water partition coefficient (Wildman–Crippen LogP) is 4.30. The van der Waals surface area contributed by atoms with Gasteiger partial charge < -0.3 is 10.2 Å². The smallest absolute Gasteiger partial charge is 0.185 e. The normalized spacial score (nSPS) is 11.0. The molecule has 0 unspecified atom stereocenters. The second kappa shape index (κ2) is 7.41. The Morgan fingerprint density at radius 3 is 2.80 bits per heavy atom. The molecule has 0 saturated carbocycles.